The molecule has 0 aliphatic carbocycles. The smallest absolute Gasteiger partial charge is 0.266 e. The van der Waals surface area contributed by atoms with Crippen molar-refractivity contribution in [2.45, 2.75) is 32.4 Å². The number of carbonyl (C=O) groups excluding carboxylic acids is 1. The maximum Gasteiger partial charge on any atom is 0.266 e. The molecule has 8 heteroatoms. The van der Waals surface area contributed by atoms with Gasteiger partial charge in [0.2, 0.25) is 5.91 Å². The number of piperidine rings is 1. The summed E-state index contributed by atoms with van der Waals surface area (Å²) in [6.07, 6.45) is 3.53. The first-order chi connectivity index (χ1) is 12.7. The van der Waals surface area contributed by atoms with Crippen LogP contribution in [0.2, 0.25) is 0 Å². The van der Waals surface area contributed by atoms with E-state index in [0.29, 0.717) is 23.2 Å². The van der Waals surface area contributed by atoms with Crippen molar-refractivity contribution in [3.8, 4) is 0 Å². The topological polar surface area (TPSA) is 91.3 Å². The lowest BCUT2D eigenvalue weighted by molar-refractivity contribution is -0.122. The van der Waals surface area contributed by atoms with Crippen LogP contribution in [0.1, 0.15) is 32.3 Å². The molecule has 0 aromatic heterocycles. The van der Waals surface area contributed by atoms with Crippen LogP contribution in [-0.4, -0.2) is 23.1 Å². The standard InChI is InChI=1S/C19H23F2N4OP/c1-3-4-9-24-18-16(13(19(20,21)27)10-15(26)25-18)11(2)17(23)12-7-5-6-8-14(12)22/h4-9,13,23H,3,10,22,27H2,1-2H3,(H,24,25,26)/b9-4+,16-11+,23-17?. The fourth-order valence-electron chi connectivity index (χ4n) is 2.87. The summed E-state index contributed by atoms with van der Waals surface area (Å²) < 4.78 is 28.6. The highest BCUT2D eigenvalue weighted by Gasteiger charge is 2.44. The number of carbonyl (C=O) groups is 1. The third-order valence-corrected chi connectivity index (χ3v) is 4.67. The third-order valence-electron chi connectivity index (χ3n) is 4.27. The molecule has 0 radical (unpaired) electrons. The first-order valence-electron chi connectivity index (χ1n) is 8.51. The van der Waals surface area contributed by atoms with E-state index in [1.165, 1.54) is 15.4 Å². The monoisotopic (exact) mass is 392 g/mol. The van der Waals surface area contributed by atoms with Gasteiger partial charge < -0.3 is 11.1 Å². The number of rotatable bonds is 5. The van der Waals surface area contributed by atoms with E-state index >= 15 is 0 Å². The van der Waals surface area contributed by atoms with Gasteiger partial charge in [-0.1, -0.05) is 40.4 Å². The molecule has 4 N–H and O–H groups in total. The fourth-order valence-corrected chi connectivity index (χ4v) is 3.15. The van der Waals surface area contributed by atoms with Gasteiger partial charge in [0, 0.05) is 29.4 Å². The highest BCUT2D eigenvalue weighted by atomic mass is 31.0. The molecule has 0 saturated carbocycles. The Bertz CT molecular complexity index is 840. The van der Waals surface area contributed by atoms with Gasteiger partial charge in [0.1, 0.15) is 5.84 Å². The molecule has 0 bridgehead atoms. The molecule has 1 fully saturated rings. The van der Waals surface area contributed by atoms with Crippen LogP contribution in [-0.2, 0) is 4.79 Å². The average molecular weight is 392 g/mol. The van der Waals surface area contributed by atoms with Gasteiger partial charge >= 0.3 is 0 Å². The number of hydrogen-bond acceptors (Lipinski definition) is 4. The van der Waals surface area contributed by atoms with Crippen molar-refractivity contribution in [3.63, 3.8) is 0 Å². The van der Waals surface area contributed by atoms with Gasteiger partial charge in [-0.3, -0.25) is 10.2 Å². The maximum atomic E-state index is 14.3. The second-order valence-electron chi connectivity index (χ2n) is 6.25. The summed E-state index contributed by atoms with van der Waals surface area (Å²) >= 11 is 0. The maximum absolute atomic E-state index is 14.3. The minimum absolute atomic E-state index is 0.0191. The Balaban J connectivity index is 2.64. The Kier molecular flexibility index (Phi) is 6.60. The van der Waals surface area contributed by atoms with Crippen LogP contribution >= 0.6 is 9.24 Å². The zero-order valence-corrected chi connectivity index (χ0v) is 16.4. The van der Waals surface area contributed by atoms with Crippen LogP contribution in [0, 0.1) is 11.3 Å². The summed E-state index contributed by atoms with van der Waals surface area (Å²) in [7, 11) is 1.50. The van der Waals surface area contributed by atoms with E-state index < -0.39 is 23.9 Å². The Hall–Kier alpha value is -2.40. The van der Waals surface area contributed by atoms with E-state index in [1.807, 2.05) is 6.92 Å². The van der Waals surface area contributed by atoms with Crippen LogP contribution in [0.3, 0.4) is 0 Å². The number of benzene rings is 1. The largest absolute Gasteiger partial charge is 0.398 e. The fraction of sp³-hybridized carbons (Fsp3) is 0.316. The van der Waals surface area contributed by atoms with Gasteiger partial charge in [-0.25, -0.2) is 13.8 Å². The van der Waals surface area contributed by atoms with Crippen molar-refractivity contribution in [3.05, 3.63) is 53.3 Å². The van der Waals surface area contributed by atoms with Crippen molar-refractivity contribution in [1.29, 1.82) is 5.41 Å². The zero-order chi connectivity index (χ0) is 20.2. The van der Waals surface area contributed by atoms with Crippen molar-refractivity contribution < 1.29 is 13.6 Å². The lowest BCUT2D eigenvalue weighted by atomic mass is 9.84. The first kappa shape index (κ1) is 20.9. The first-order valence-corrected chi connectivity index (χ1v) is 9.08. The molecule has 1 saturated heterocycles. The van der Waals surface area contributed by atoms with E-state index in [9.17, 15) is 13.6 Å². The Morgan fingerprint density at radius 2 is 2.15 bits per heavy atom. The van der Waals surface area contributed by atoms with Gasteiger partial charge in [-0.05, 0) is 25.0 Å². The van der Waals surface area contributed by atoms with Crippen LogP contribution in [0.25, 0.3) is 0 Å². The normalized spacial score (nSPS) is 21.4. The van der Waals surface area contributed by atoms with Gasteiger partial charge in [0.05, 0.1) is 11.6 Å². The van der Waals surface area contributed by atoms with E-state index in [4.69, 9.17) is 11.1 Å². The Morgan fingerprint density at radius 1 is 1.48 bits per heavy atom. The van der Waals surface area contributed by atoms with Crippen LogP contribution in [0.4, 0.5) is 14.5 Å². The number of nitrogen functional groups attached to an aromatic ring is 1. The number of hydrogen-bond donors (Lipinski definition) is 3. The SMILES string of the molecule is CC/C=C/N=C1\NC(=O)CC(C(F)(F)P)\C1=C(\C)C(=N)c1ccccc1N. The lowest BCUT2D eigenvalue weighted by Crippen LogP contribution is -2.46. The molecular weight excluding hydrogens is 369 g/mol. The molecule has 1 aliphatic rings. The number of alkyl halides is 2. The van der Waals surface area contributed by atoms with Crippen LogP contribution < -0.4 is 11.1 Å². The summed E-state index contributed by atoms with van der Waals surface area (Å²) in [5.41, 5.74) is 3.98. The van der Waals surface area contributed by atoms with Gasteiger partial charge in [0.15, 0.2) is 0 Å². The predicted octanol–water partition coefficient (Wildman–Crippen LogP) is 3.88. The summed E-state index contributed by atoms with van der Waals surface area (Å²) in [6.45, 7) is 3.48. The van der Waals surface area contributed by atoms with Crippen LogP contribution in [0.5, 0.6) is 0 Å². The molecule has 2 rings (SSSR count). The van der Waals surface area contributed by atoms with Crippen molar-refractivity contribution in [2.24, 2.45) is 10.9 Å². The summed E-state index contributed by atoms with van der Waals surface area (Å²) in [5.74, 6) is -1.90. The number of halogens is 2. The molecule has 1 aromatic carbocycles. The quantitative estimate of drug-likeness (QED) is 0.403. The molecule has 2 unspecified atom stereocenters. The number of nitrogens with one attached hydrogen (secondary N) is 2. The number of amides is 1. The van der Waals surface area contributed by atoms with Gasteiger partial charge in [-0.2, -0.15) is 0 Å². The van der Waals surface area contributed by atoms with Crippen molar-refractivity contribution in [1.82, 2.24) is 5.32 Å². The molecule has 0 spiro atoms. The molecule has 5 nitrogen and oxygen atoms in total. The number of nitrogens with zero attached hydrogens (tertiary/aromatic N) is 1. The molecule has 144 valence electrons. The molecular formula is C19H23F2N4OP. The third kappa shape index (κ3) is 4.86. The summed E-state index contributed by atoms with van der Waals surface area (Å²) in [5, 5.41) is 11.0. The zero-order valence-electron chi connectivity index (χ0n) is 15.2. The summed E-state index contributed by atoms with van der Waals surface area (Å²) in [4.78, 5) is 16.1. The molecule has 1 aromatic rings. The van der Waals surface area contributed by atoms with Gasteiger partial charge in [0.25, 0.3) is 5.66 Å². The molecule has 1 aliphatic heterocycles. The number of nitrogens with two attached hydrogens (primary N) is 1. The van der Waals surface area contributed by atoms with E-state index in [-0.39, 0.29) is 17.1 Å². The number of anilines is 1. The molecule has 1 heterocycles. The minimum atomic E-state index is -3.23. The Morgan fingerprint density at radius 3 is 2.74 bits per heavy atom. The van der Waals surface area contributed by atoms with Crippen LogP contribution in [0.15, 0.2) is 52.7 Å². The minimum Gasteiger partial charge on any atom is -0.398 e. The molecule has 1 amide bonds. The number of para-hydroxylation sites is 1. The van der Waals surface area contributed by atoms with E-state index in [0.717, 1.165) is 0 Å². The Labute approximate surface area is 159 Å². The number of aliphatic imine (C=N–C) groups is 1. The highest BCUT2D eigenvalue weighted by molar-refractivity contribution is 7.18. The average Bonchev–Trinajstić information content (AvgIpc) is 2.60. The lowest BCUT2D eigenvalue weighted by Gasteiger charge is -2.32. The molecule has 2 atom stereocenters. The highest BCUT2D eigenvalue weighted by Crippen LogP contribution is 2.42. The van der Waals surface area contributed by atoms with E-state index in [1.54, 1.807) is 37.3 Å². The predicted molar refractivity (Wildman–Crippen MR) is 108 cm³/mol. The number of amidine groups is 1. The number of allylic oxidation sites excluding steroid dienone is 2. The van der Waals surface area contributed by atoms with E-state index in [2.05, 4.69) is 10.3 Å². The second kappa shape index (κ2) is 8.53. The molecule has 27 heavy (non-hydrogen) atoms. The van der Waals surface area contributed by atoms with Crippen molar-refractivity contribution >= 4 is 32.4 Å². The van der Waals surface area contributed by atoms with Gasteiger partial charge in [-0.15, -0.1) is 0 Å². The second-order valence-corrected chi connectivity index (χ2v) is 7.02. The summed E-state index contributed by atoms with van der Waals surface area (Å²) in [6, 6.07) is 6.76. The van der Waals surface area contributed by atoms with Crippen molar-refractivity contribution in [2.75, 3.05) is 5.73 Å².